The van der Waals surface area contributed by atoms with Crippen LogP contribution >= 0.6 is 11.3 Å². The molecule has 2 heterocycles. The first kappa shape index (κ1) is 12.6. The van der Waals surface area contributed by atoms with Crippen molar-refractivity contribution in [2.45, 2.75) is 6.92 Å². The van der Waals surface area contributed by atoms with E-state index in [0.29, 0.717) is 10.6 Å². The Morgan fingerprint density at radius 3 is 2.80 bits per heavy atom. The van der Waals surface area contributed by atoms with Crippen LogP contribution in [0, 0.1) is 6.92 Å². The van der Waals surface area contributed by atoms with E-state index in [1.807, 2.05) is 25.1 Å². The second-order valence-electron chi connectivity index (χ2n) is 4.29. The van der Waals surface area contributed by atoms with Crippen LogP contribution in [0.15, 0.2) is 47.5 Å². The van der Waals surface area contributed by atoms with Gasteiger partial charge in [-0.15, -0.1) is 11.3 Å². The molecular weight excluding hydrogens is 274 g/mol. The normalized spacial score (nSPS) is 10.7. The second-order valence-corrected chi connectivity index (χ2v) is 5.50. The highest BCUT2D eigenvalue weighted by atomic mass is 32.1. The Labute approximate surface area is 118 Å². The van der Waals surface area contributed by atoms with Crippen molar-refractivity contribution in [1.82, 2.24) is 9.38 Å². The molecule has 0 fully saturated rings. The number of carbonyl (C=O) groups is 1. The van der Waals surface area contributed by atoms with E-state index in [1.165, 1.54) is 21.9 Å². The van der Waals surface area contributed by atoms with Crippen molar-refractivity contribution in [2.24, 2.45) is 0 Å². The summed E-state index contributed by atoms with van der Waals surface area (Å²) in [6, 6.07) is 9.00. The lowest BCUT2D eigenvalue weighted by Crippen LogP contribution is -2.25. The van der Waals surface area contributed by atoms with Gasteiger partial charge in [-0.2, -0.15) is 0 Å². The molecule has 5 nitrogen and oxygen atoms in total. The van der Waals surface area contributed by atoms with Crippen LogP contribution in [-0.4, -0.2) is 15.3 Å². The number of aromatic nitrogens is 2. The van der Waals surface area contributed by atoms with Gasteiger partial charge < -0.3 is 5.32 Å². The van der Waals surface area contributed by atoms with Gasteiger partial charge in [0.2, 0.25) is 0 Å². The number of fused-ring (bicyclic) bond motifs is 1. The summed E-state index contributed by atoms with van der Waals surface area (Å²) in [4.78, 5) is 30.1. The summed E-state index contributed by atoms with van der Waals surface area (Å²) < 4.78 is 1.40. The average Bonchev–Trinajstić information content (AvgIpc) is 2.82. The van der Waals surface area contributed by atoms with Gasteiger partial charge in [-0.05, 0) is 19.1 Å². The molecule has 0 saturated heterocycles. The minimum absolute atomic E-state index is 0.0316. The largest absolute Gasteiger partial charge is 0.322 e. The lowest BCUT2D eigenvalue weighted by atomic mass is 10.2. The number of thiazole rings is 1. The van der Waals surface area contributed by atoms with Crippen molar-refractivity contribution in [3.05, 3.63) is 63.5 Å². The number of nitrogens with one attached hydrogen (secondary N) is 1. The van der Waals surface area contributed by atoms with Gasteiger partial charge in [-0.3, -0.25) is 14.0 Å². The molecule has 0 unspecified atom stereocenters. The zero-order chi connectivity index (χ0) is 14.1. The van der Waals surface area contributed by atoms with Gasteiger partial charge in [-0.25, -0.2) is 4.98 Å². The zero-order valence-electron chi connectivity index (χ0n) is 10.7. The SMILES string of the molecule is Cc1cn2c(=O)c(C(=O)Nc3ccccc3)cnc2s1. The van der Waals surface area contributed by atoms with Gasteiger partial charge in [0.25, 0.3) is 11.5 Å². The summed E-state index contributed by atoms with van der Waals surface area (Å²) in [7, 11) is 0. The van der Waals surface area contributed by atoms with E-state index in [4.69, 9.17) is 0 Å². The number of amides is 1. The highest BCUT2D eigenvalue weighted by Gasteiger charge is 2.14. The molecule has 0 atom stereocenters. The Kier molecular flexibility index (Phi) is 3.08. The lowest BCUT2D eigenvalue weighted by Gasteiger charge is -2.04. The molecule has 0 radical (unpaired) electrons. The average molecular weight is 285 g/mol. The van der Waals surface area contributed by atoms with Crippen LogP contribution in [0.5, 0.6) is 0 Å². The van der Waals surface area contributed by atoms with Crippen molar-refractivity contribution in [1.29, 1.82) is 0 Å². The van der Waals surface area contributed by atoms with E-state index in [0.717, 1.165) is 4.88 Å². The number of nitrogens with zero attached hydrogens (tertiary/aromatic N) is 2. The quantitative estimate of drug-likeness (QED) is 0.786. The Hall–Kier alpha value is -2.47. The van der Waals surface area contributed by atoms with E-state index in [9.17, 15) is 9.59 Å². The molecule has 100 valence electrons. The number of anilines is 1. The van der Waals surface area contributed by atoms with Crippen LogP contribution < -0.4 is 10.9 Å². The fraction of sp³-hybridized carbons (Fsp3) is 0.0714. The van der Waals surface area contributed by atoms with Crippen molar-refractivity contribution in [2.75, 3.05) is 5.32 Å². The maximum Gasteiger partial charge on any atom is 0.271 e. The van der Waals surface area contributed by atoms with Crippen molar-refractivity contribution in [3.8, 4) is 0 Å². The third-order valence-corrected chi connectivity index (χ3v) is 3.71. The number of hydrogen-bond donors (Lipinski definition) is 1. The van der Waals surface area contributed by atoms with Crippen LogP contribution in [-0.2, 0) is 0 Å². The topological polar surface area (TPSA) is 63.5 Å². The second kappa shape index (κ2) is 4.90. The summed E-state index contributed by atoms with van der Waals surface area (Å²) in [5.74, 6) is -0.452. The van der Waals surface area contributed by atoms with Gasteiger partial charge in [0.05, 0.1) is 0 Å². The Morgan fingerprint density at radius 1 is 1.30 bits per heavy atom. The highest BCUT2D eigenvalue weighted by Crippen LogP contribution is 2.13. The maximum atomic E-state index is 12.2. The molecule has 2 aromatic heterocycles. The zero-order valence-corrected chi connectivity index (χ0v) is 11.5. The number of para-hydroxylation sites is 1. The predicted octanol–water partition coefficient (Wildman–Crippen LogP) is 2.32. The summed E-state index contributed by atoms with van der Waals surface area (Å²) in [5, 5.41) is 2.68. The lowest BCUT2D eigenvalue weighted by molar-refractivity contribution is 0.102. The van der Waals surface area contributed by atoms with Crippen molar-refractivity contribution < 1.29 is 4.79 Å². The van der Waals surface area contributed by atoms with E-state index < -0.39 is 5.91 Å². The number of rotatable bonds is 2. The number of hydrogen-bond acceptors (Lipinski definition) is 4. The maximum absolute atomic E-state index is 12.2. The van der Waals surface area contributed by atoms with E-state index in [-0.39, 0.29) is 11.1 Å². The van der Waals surface area contributed by atoms with Gasteiger partial charge >= 0.3 is 0 Å². The molecule has 0 saturated carbocycles. The van der Waals surface area contributed by atoms with Crippen LogP contribution in [0.25, 0.3) is 4.96 Å². The van der Waals surface area contributed by atoms with Gasteiger partial charge in [0.15, 0.2) is 4.96 Å². The fourth-order valence-corrected chi connectivity index (χ4v) is 2.66. The molecule has 6 heteroatoms. The summed E-state index contributed by atoms with van der Waals surface area (Å²) in [6.45, 7) is 1.89. The number of carbonyl (C=O) groups excluding carboxylic acids is 1. The predicted molar refractivity (Wildman–Crippen MR) is 78.5 cm³/mol. The minimum Gasteiger partial charge on any atom is -0.322 e. The minimum atomic E-state index is -0.452. The fourth-order valence-electron chi connectivity index (χ4n) is 1.87. The molecular formula is C14H11N3O2S. The first-order chi connectivity index (χ1) is 9.65. The molecule has 0 aliphatic heterocycles. The van der Waals surface area contributed by atoms with E-state index in [1.54, 1.807) is 18.3 Å². The van der Waals surface area contributed by atoms with Crippen LogP contribution in [0.4, 0.5) is 5.69 Å². The molecule has 1 amide bonds. The van der Waals surface area contributed by atoms with Gasteiger partial charge in [-0.1, -0.05) is 18.2 Å². The molecule has 0 aliphatic carbocycles. The first-order valence-corrected chi connectivity index (χ1v) is 6.81. The molecule has 3 rings (SSSR count). The monoisotopic (exact) mass is 285 g/mol. The molecule has 20 heavy (non-hydrogen) atoms. The molecule has 3 aromatic rings. The van der Waals surface area contributed by atoms with Crippen LogP contribution in [0.1, 0.15) is 15.2 Å². The Balaban J connectivity index is 2.00. The van der Waals surface area contributed by atoms with Crippen molar-refractivity contribution >= 4 is 27.9 Å². The smallest absolute Gasteiger partial charge is 0.271 e. The standard InChI is InChI=1S/C14H11N3O2S/c1-9-8-17-13(19)11(7-15-14(17)20-9)12(18)16-10-5-3-2-4-6-10/h2-8H,1H3,(H,16,18). The molecule has 0 aliphatic rings. The Morgan fingerprint density at radius 2 is 2.05 bits per heavy atom. The van der Waals surface area contributed by atoms with Crippen LogP contribution in [0.2, 0.25) is 0 Å². The van der Waals surface area contributed by atoms with Crippen molar-refractivity contribution in [3.63, 3.8) is 0 Å². The van der Waals surface area contributed by atoms with Gasteiger partial charge in [0, 0.05) is 23.0 Å². The third-order valence-electron chi connectivity index (χ3n) is 2.80. The molecule has 1 aromatic carbocycles. The van der Waals surface area contributed by atoms with E-state index >= 15 is 0 Å². The Bertz CT molecular complexity index is 836. The third kappa shape index (κ3) is 2.21. The van der Waals surface area contributed by atoms with Crippen LogP contribution in [0.3, 0.4) is 0 Å². The summed E-state index contributed by atoms with van der Waals surface area (Å²) in [6.07, 6.45) is 3.01. The highest BCUT2D eigenvalue weighted by molar-refractivity contribution is 7.16. The first-order valence-electron chi connectivity index (χ1n) is 5.99. The van der Waals surface area contributed by atoms with Gasteiger partial charge in [0.1, 0.15) is 5.56 Å². The number of benzene rings is 1. The molecule has 0 spiro atoms. The molecule has 1 N–H and O–H groups in total. The molecule has 0 bridgehead atoms. The summed E-state index contributed by atoms with van der Waals surface area (Å²) >= 11 is 1.41. The number of aryl methyl sites for hydroxylation is 1. The van der Waals surface area contributed by atoms with E-state index in [2.05, 4.69) is 10.3 Å². The summed E-state index contributed by atoms with van der Waals surface area (Å²) in [5.41, 5.74) is 0.320.